The highest BCUT2D eigenvalue weighted by atomic mass is 16.6. The van der Waals surface area contributed by atoms with Crippen LogP contribution in [-0.4, -0.2) is 18.0 Å². The minimum absolute atomic E-state index is 0.124. The van der Waals surface area contributed by atoms with Gasteiger partial charge in [-0.25, -0.2) is 4.79 Å². The third-order valence-corrected chi connectivity index (χ3v) is 2.96. The average molecular weight is 290 g/mol. The molecule has 7 heteroatoms. The van der Waals surface area contributed by atoms with Gasteiger partial charge >= 0.3 is 5.97 Å². The van der Waals surface area contributed by atoms with E-state index in [9.17, 15) is 14.9 Å². The van der Waals surface area contributed by atoms with Crippen molar-refractivity contribution in [3.05, 3.63) is 58.0 Å². The molecule has 0 aliphatic rings. The van der Waals surface area contributed by atoms with Crippen LogP contribution in [0.15, 0.2) is 41.0 Å². The van der Waals surface area contributed by atoms with Crippen molar-refractivity contribution in [2.75, 3.05) is 12.4 Å². The Kier molecular flexibility index (Phi) is 4.22. The molecule has 1 heterocycles. The minimum Gasteiger partial charge on any atom is -0.467 e. The Hall–Kier alpha value is -2.83. The standard InChI is InChI=1S/C14H14N2O5/c1-9(13-4-3-7-21-13)15-11-8-10(14(17)20-2)5-6-12(11)16(18)19/h3-9,15H,1-2H3. The summed E-state index contributed by atoms with van der Waals surface area (Å²) in [5.41, 5.74) is 0.338. The molecule has 0 saturated heterocycles. The minimum atomic E-state index is -0.557. The van der Waals surface area contributed by atoms with Gasteiger partial charge < -0.3 is 14.5 Å². The third-order valence-electron chi connectivity index (χ3n) is 2.96. The number of nitro benzene ring substituents is 1. The quantitative estimate of drug-likeness (QED) is 0.516. The number of nitrogens with zero attached hydrogens (tertiary/aromatic N) is 1. The first-order chi connectivity index (χ1) is 10.0. The average Bonchev–Trinajstić information content (AvgIpc) is 3.00. The third kappa shape index (κ3) is 3.19. The molecule has 1 atom stereocenters. The van der Waals surface area contributed by atoms with Crippen LogP contribution < -0.4 is 5.32 Å². The molecular formula is C14H14N2O5. The number of anilines is 1. The Morgan fingerprint density at radius 1 is 1.43 bits per heavy atom. The summed E-state index contributed by atoms with van der Waals surface area (Å²) < 4.78 is 9.86. The number of esters is 1. The van der Waals surface area contributed by atoms with Crippen molar-refractivity contribution < 1.29 is 18.9 Å². The summed E-state index contributed by atoms with van der Waals surface area (Å²) in [5, 5.41) is 14.0. The first kappa shape index (κ1) is 14.6. The van der Waals surface area contributed by atoms with Gasteiger partial charge in [-0.05, 0) is 31.2 Å². The van der Waals surface area contributed by atoms with Gasteiger partial charge in [0.05, 0.1) is 29.9 Å². The van der Waals surface area contributed by atoms with Gasteiger partial charge in [-0.2, -0.15) is 0 Å². The van der Waals surface area contributed by atoms with E-state index < -0.39 is 10.9 Å². The van der Waals surface area contributed by atoms with E-state index in [0.717, 1.165) is 0 Å². The fraction of sp³-hybridized carbons (Fsp3) is 0.214. The fourth-order valence-electron chi connectivity index (χ4n) is 1.90. The van der Waals surface area contributed by atoms with E-state index in [2.05, 4.69) is 10.1 Å². The van der Waals surface area contributed by atoms with Crippen molar-refractivity contribution in [3.8, 4) is 0 Å². The molecule has 0 saturated carbocycles. The second-order valence-corrected chi connectivity index (χ2v) is 4.36. The van der Waals surface area contributed by atoms with Crippen LogP contribution in [0.2, 0.25) is 0 Å². The Morgan fingerprint density at radius 3 is 2.76 bits per heavy atom. The van der Waals surface area contributed by atoms with Gasteiger partial charge in [-0.15, -0.1) is 0 Å². The van der Waals surface area contributed by atoms with Crippen LogP contribution in [0.5, 0.6) is 0 Å². The molecule has 21 heavy (non-hydrogen) atoms. The van der Waals surface area contributed by atoms with Gasteiger partial charge in [0.1, 0.15) is 11.4 Å². The van der Waals surface area contributed by atoms with Crippen molar-refractivity contribution in [3.63, 3.8) is 0 Å². The van der Waals surface area contributed by atoms with E-state index in [1.807, 2.05) is 0 Å². The first-order valence-electron chi connectivity index (χ1n) is 6.19. The van der Waals surface area contributed by atoms with Gasteiger partial charge in [0.25, 0.3) is 5.69 Å². The predicted octanol–water partition coefficient (Wildman–Crippen LogP) is 3.15. The van der Waals surface area contributed by atoms with Crippen molar-refractivity contribution in [2.45, 2.75) is 13.0 Å². The SMILES string of the molecule is COC(=O)c1ccc([N+](=O)[O-])c(NC(C)c2ccco2)c1. The molecule has 1 unspecified atom stereocenters. The van der Waals surface area contributed by atoms with Crippen molar-refractivity contribution in [1.29, 1.82) is 0 Å². The fourth-order valence-corrected chi connectivity index (χ4v) is 1.90. The molecule has 0 aliphatic heterocycles. The zero-order valence-corrected chi connectivity index (χ0v) is 11.5. The van der Waals surface area contributed by atoms with Crippen molar-refractivity contribution in [2.24, 2.45) is 0 Å². The van der Waals surface area contributed by atoms with Gasteiger partial charge in [0.2, 0.25) is 0 Å². The number of carbonyl (C=O) groups is 1. The van der Waals surface area contributed by atoms with Crippen molar-refractivity contribution in [1.82, 2.24) is 0 Å². The molecule has 0 fully saturated rings. The summed E-state index contributed by atoms with van der Waals surface area (Å²) in [6, 6.07) is 7.21. The number of hydrogen-bond acceptors (Lipinski definition) is 6. The van der Waals surface area contributed by atoms with Crippen LogP contribution in [0.3, 0.4) is 0 Å². The maximum Gasteiger partial charge on any atom is 0.337 e. The van der Waals surface area contributed by atoms with E-state index in [4.69, 9.17) is 4.42 Å². The Morgan fingerprint density at radius 2 is 2.19 bits per heavy atom. The molecule has 2 aromatic rings. The highest BCUT2D eigenvalue weighted by molar-refractivity contribution is 5.91. The summed E-state index contributed by atoms with van der Waals surface area (Å²) in [5.74, 6) is 0.0753. The van der Waals surface area contributed by atoms with Gasteiger partial charge in [-0.3, -0.25) is 10.1 Å². The lowest BCUT2D eigenvalue weighted by Gasteiger charge is -2.13. The maximum absolute atomic E-state index is 11.5. The van der Waals surface area contributed by atoms with E-state index >= 15 is 0 Å². The van der Waals surface area contributed by atoms with Crippen LogP contribution in [0.4, 0.5) is 11.4 Å². The van der Waals surface area contributed by atoms with Gasteiger partial charge in [-0.1, -0.05) is 0 Å². The van der Waals surface area contributed by atoms with Crippen LogP contribution in [0.25, 0.3) is 0 Å². The highest BCUT2D eigenvalue weighted by Gasteiger charge is 2.19. The molecule has 0 spiro atoms. The van der Waals surface area contributed by atoms with Crippen molar-refractivity contribution >= 4 is 17.3 Å². The predicted molar refractivity (Wildman–Crippen MR) is 75.2 cm³/mol. The number of carbonyl (C=O) groups excluding carboxylic acids is 1. The molecule has 1 aromatic heterocycles. The van der Waals surface area contributed by atoms with Crippen LogP contribution in [0, 0.1) is 10.1 Å². The second-order valence-electron chi connectivity index (χ2n) is 4.36. The van der Waals surface area contributed by atoms with Crippen LogP contribution >= 0.6 is 0 Å². The largest absolute Gasteiger partial charge is 0.467 e. The monoisotopic (exact) mass is 290 g/mol. The maximum atomic E-state index is 11.5. The lowest BCUT2D eigenvalue weighted by molar-refractivity contribution is -0.384. The number of nitrogens with one attached hydrogen (secondary N) is 1. The number of methoxy groups -OCH3 is 1. The first-order valence-corrected chi connectivity index (χ1v) is 6.19. The molecule has 110 valence electrons. The molecule has 1 aromatic carbocycles. The number of furan rings is 1. The Bertz CT molecular complexity index is 651. The van der Waals surface area contributed by atoms with Crippen LogP contribution in [0.1, 0.15) is 29.1 Å². The molecular weight excluding hydrogens is 276 g/mol. The number of ether oxygens (including phenoxy) is 1. The number of hydrogen-bond donors (Lipinski definition) is 1. The molecule has 0 radical (unpaired) electrons. The Labute approximate surface area is 120 Å². The lowest BCUT2D eigenvalue weighted by atomic mass is 10.1. The zero-order valence-electron chi connectivity index (χ0n) is 11.5. The van der Waals surface area contributed by atoms with Gasteiger partial charge in [0.15, 0.2) is 0 Å². The molecule has 0 aliphatic carbocycles. The molecule has 7 nitrogen and oxygen atoms in total. The van der Waals surface area contributed by atoms with E-state index in [0.29, 0.717) is 5.76 Å². The number of benzene rings is 1. The number of nitro groups is 1. The summed E-state index contributed by atoms with van der Waals surface area (Å²) in [4.78, 5) is 22.1. The lowest BCUT2D eigenvalue weighted by Crippen LogP contribution is -2.09. The van der Waals surface area contributed by atoms with E-state index in [1.165, 1.54) is 31.6 Å². The highest BCUT2D eigenvalue weighted by Crippen LogP contribution is 2.29. The molecule has 0 bridgehead atoms. The van der Waals surface area contributed by atoms with Gasteiger partial charge in [0, 0.05) is 6.07 Å². The number of rotatable bonds is 5. The Balaban J connectivity index is 2.34. The van der Waals surface area contributed by atoms with E-state index in [1.54, 1.807) is 19.1 Å². The van der Waals surface area contributed by atoms with E-state index in [-0.39, 0.29) is 23.0 Å². The molecule has 2 rings (SSSR count). The summed E-state index contributed by atoms with van der Waals surface area (Å²) >= 11 is 0. The smallest absolute Gasteiger partial charge is 0.337 e. The summed E-state index contributed by atoms with van der Waals surface area (Å²) in [6.07, 6.45) is 1.52. The summed E-state index contributed by atoms with van der Waals surface area (Å²) in [7, 11) is 1.25. The zero-order chi connectivity index (χ0) is 15.4. The second kappa shape index (κ2) is 6.08. The molecule has 1 N–H and O–H groups in total. The normalized spacial score (nSPS) is 11.7. The topological polar surface area (TPSA) is 94.6 Å². The van der Waals surface area contributed by atoms with Crippen LogP contribution in [-0.2, 0) is 4.74 Å². The molecule has 0 amide bonds. The summed E-state index contributed by atoms with van der Waals surface area (Å²) in [6.45, 7) is 1.80.